The zero-order valence-corrected chi connectivity index (χ0v) is 19.9. The molecule has 7 rings (SSSR count). The molecule has 6 heteroatoms. The van der Waals surface area contributed by atoms with Gasteiger partial charge in [0.25, 0.3) is 0 Å². The van der Waals surface area contributed by atoms with Gasteiger partial charge in [-0.15, -0.1) is 10.2 Å². The van der Waals surface area contributed by atoms with Crippen molar-refractivity contribution in [3.8, 4) is 11.4 Å². The molecule has 4 fully saturated rings. The van der Waals surface area contributed by atoms with E-state index in [1.165, 1.54) is 55.9 Å². The van der Waals surface area contributed by atoms with Gasteiger partial charge in [0.05, 0.1) is 5.75 Å². The van der Waals surface area contributed by atoms with E-state index in [2.05, 4.69) is 39.8 Å². The lowest BCUT2D eigenvalue weighted by atomic mass is 9.48. The molecule has 1 N–H and O–H groups in total. The third kappa shape index (κ3) is 3.99. The molecule has 1 amide bonds. The summed E-state index contributed by atoms with van der Waals surface area (Å²) in [7, 11) is 1.94. The van der Waals surface area contributed by atoms with Gasteiger partial charge >= 0.3 is 0 Å². The summed E-state index contributed by atoms with van der Waals surface area (Å²) in [5.41, 5.74) is 3.77. The van der Waals surface area contributed by atoms with E-state index < -0.39 is 0 Å². The molecule has 4 aliphatic carbocycles. The highest BCUT2D eigenvalue weighted by Gasteiger charge is 2.51. The zero-order valence-electron chi connectivity index (χ0n) is 19.0. The van der Waals surface area contributed by atoms with Crippen LogP contribution in [0.4, 0.5) is 5.69 Å². The number of carbonyl (C=O) groups excluding carboxylic acids is 1. The van der Waals surface area contributed by atoms with Crippen molar-refractivity contribution in [2.24, 2.45) is 24.8 Å². The van der Waals surface area contributed by atoms with Crippen LogP contribution >= 0.6 is 11.8 Å². The minimum Gasteiger partial charge on any atom is -0.325 e. The van der Waals surface area contributed by atoms with E-state index in [9.17, 15) is 4.79 Å². The summed E-state index contributed by atoms with van der Waals surface area (Å²) in [6.07, 6.45) is 8.48. The average Bonchev–Trinajstić information content (AvgIpc) is 3.18. The fourth-order valence-corrected chi connectivity index (χ4v) is 7.69. The number of benzene rings is 2. The van der Waals surface area contributed by atoms with Crippen LogP contribution in [-0.2, 0) is 17.3 Å². The summed E-state index contributed by atoms with van der Waals surface area (Å²) in [5, 5.41) is 12.4. The lowest BCUT2D eigenvalue weighted by Crippen LogP contribution is -2.48. The molecule has 1 heterocycles. The molecule has 0 aliphatic heterocycles. The molecule has 4 aliphatic rings. The first-order valence-corrected chi connectivity index (χ1v) is 13.0. The van der Waals surface area contributed by atoms with Gasteiger partial charge < -0.3 is 9.88 Å². The number of hydrogen-bond donors (Lipinski definition) is 1. The molecule has 0 atom stereocenters. The predicted molar refractivity (Wildman–Crippen MR) is 132 cm³/mol. The topological polar surface area (TPSA) is 59.8 Å². The van der Waals surface area contributed by atoms with Crippen molar-refractivity contribution in [1.82, 2.24) is 14.8 Å². The quantitative estimate of drug-likeness (QED) is 0.483. The Hall–Kier alpha value is -2.60. The maximum absolute atomic E-state index is 12.6. The maximum Gasteiger partial charge on any atom is 0.234 e. The Labute approximate surface area is 199 Å². The molecule has 0 radical (unpaired) electrons. The van der Waals surface area contributed by atoms with E-state index in [1.807, 2.05) is 41.9 Å². The number of thioether (sulfide) groups is 1. The summed E-state index contributed by atoms with van der Waals surface area (Å²) in [6.45, 7) is 0. The first-order valence-electron chi connectivity index (χ1n) is 12.1. The molecule has 1 aromatic heterocycles. The van der Waals surface area contributed by atoms with Crippen molar-refractivity contribution in [3.63, 3.8) is 0 Å². The Balaban J connectivity index is 1.08. The Kier molecular flexibility index (Phi) is 5.28. The predicted octanol–water partition coefficient (Wildman–Crippen LogP) is 5.68. The molecular formula is C27H30N4OS. The molecule has 2 aromatic carbocycles. The van der Waals surface area contributed by atoms with Crippen LogP contribution < -0.4 is 5.32 Å². The van der Waals surface area contributed by atoms with Gasteiger partial charge in [0.15, 0.2) is 11.0 Å². The molecule has 3 aromatic rings. The third-order valence-corrected chi connectivity index (χ3v) is 9.04. The smallest absolute Gasteiger partial charge is 0.234 e. The first-order chi connectivity index (χ1) is 16.1. The van der Waals surface area contributed by atoms with Gasteiger partial charge in [-0.3, -0.25) is 4.79 Å². The van der Waals surface area contributed by atoms with Crippen LogP contribution in [0.3, 0.4) is 0 Å². The van der Waals surface area contributed by atoms with Gasteiger partial charge in [0, 0.05) is 18.3 Å². The summed E-state index contributed by atoms with van der Waals surface area (Å²) in [4.78, 5) is 12.6. The SMILES string of the molecule is Cn1c(SCC(=O)Nc2ccc(C34CC5CC(CC(C5)C3)C4)cc2)nnc1-c1ccccc1. The van der Waals surface area contributed by atoms with Crippen LogP contribution in [0.15, 0.2) is 59.8 Å². The second kappa shape index (κ2) is 8.32. The fraction of sp³-hybridized carbons (Fsp3) is 0.444. The molecule has 5 nitrogen and oxygen atoms in total. The van der Waals surface area contributed by atoms with Gasteiger partial charge in [-0.25, -0.2) is 0 Å². The van der Waals surface area contributed by atoms with Gasteiger partial charge in [-0.05, 0) is 79.4 Å². The van der Waals surface area contributed by atoms with E-state index >= 15 is 0 Å². The average molecular weight is 459 g/mol. The van der Waals surface area contributed by atoms with Crippen molar-refractivity contribution in [3.05, 3.63) is 60.2 Å². The van der Waals surface area contributed by atoms with E-state index in [0.717, 1.165) is 40.0 Å². The molecule has 33 heavy (non-hydrogen) atoms. The Morgan fingerprint density at radius 2 is 1.61 bits per heavy atom. The summed E-state index contributed by atoms with van der Waals surface area (Å²) < 4.78 is 1.94. The first kappa shape index (κ1) is 21.0. The highest BCUT2D eigenvalue weighted by molar-refractivity contribution is 7.99. The van der Waals surface area contributed by atoms with Crippen molar-refractivity contribution >= 4 is 23.4 Å². The molecule has 0 unspecified atom stereocenters. The number of hydrogen-bond acceptors (Lipinski definition) is 4. The highest BCUT2D eigenvalue weighted by Crippen LogP contribution is 2.60. The van der Waals surface area contributed by atoms with Crippen molar-refractivity contribution in [2.75, 3.05) is 11.1 Å². The molecule has 170 valence electrons. The van der Waals surface area contributed by atoms with E-state index in [4.69, 9.17) is 0 Å². The van der Waals surface area contributed by atoms with Crippen LogP contribution in [0.5, 0.6) is 0 Å². The maximum atomic E-state index is 12.6. The van der Waals surface area contributed by atoms with Gasteiger partial charge in [-0.1, -0.05) is 54.2 Å². The Morgan fingerprint density at radius 1 is 0.970 bits per heavy atom. The lowest BCUT2D eigenvalue weighted by molar-refractivity contribution is -0.113. The Bertz CT molecular complexity index is 1120. The van der Waals surface area contributed by atoms with Crippen LogP contribution in [0.25, 0.3) is 11.4 Å². The lowest BCUT2D eigenvalue weighted by Gasteiger charge is -2.57. The minimum atomic E-state index is -0.0215. The largest absolute Gasteiger partial charge is 0.325 e. The number of anilines is 1. The molecule has 0 spiro atoms. The minimum absolute atomic E-state index is 0.0215. The second-order valence-electron chi connectivity index (χ2n) is 10.3. The Morgan fingerprint density at radius 3 is 2.24 bits per heavy atom. The van der Waals surface area contributed by atoms with Crippen molar-refractivity contribution in [2.45, 2.75) is 49.1 Å². The number of rotatable bonds is 6. The summed E-state index contributed by atoms with van der Waals surface area (Å²) in [6, 6.07) is 18.7. The normalized spacial score (nSPS) is 27.6. The van der Waals surface area contributed by atoms with E-state index in [1.54, 1.807) is 0 Å². The standard InChI is InChI=1S/C27H30N4OS/c1-31-25(21-5-3-2-4-6-21)29-30-26(31)33-17-24(32)28-23-9-7-22(8-10-23)27-14-18-11-19(15-27)13-20(12-18)16-27/h2-10,18-20H,11-17H2,1H3,(H,28,32). The van der Waals surface area contributed by atoms with Crippen LogP contribution in [-0.4, -0.2) is 26.4 Å². The molecule has 4 bridgehead atoms. The van der Waals surface area contributed by atoms with Crippen LogP contribution in [0.1, 0.15) is 44.1 Å². The fourth-order valence-electron chi connectivity index (χ4n) is 6.98. The molecular weight excluding hydrogens is 428 g/mol. The van der Waals surface area contributed by atoms with E-state index in [0.29, 0.717) is 11.2 Å². The van der Waals surface area contributed by atoms with Gasteiger partial charge in [0.2, 0.25) is 5.91 Å². The van der Waals surface area contributed by atoms with Gasteiger partial charge in [-0.2, -0.15) is 0 Å². The monoisotopic (exact) mass is 458 g/mol. The molecule has 4 saturated carbocycles. The van der Waals surface area contributed by atoms with Crippen LogP contribution in [0, 0.1) is 17.8 Å². The summed E-state index contributed by atoms with van der Waals surface area (Å²) >= 11 is 1.41. The number of nitrogens with zero attached hydrogens (tertiary/aromatic N) is 3. The zero-order chi connectivity index (χ0) is 22.4. The third-order valence-electron chi connectivity index (χ3n) is 8.02. The number of aromatic nitrogens is 3. The second-order valence-corrected chi connectivity index (χ2v) is 11.3. The number of amides is 1. The van der Waals surface area contributed by atoms with Crippen molar-refractivity contribution < 1.29 is 4.79 Å². The highest BCUT2D eigenvalue weighted by atomic mass is 32.2. The summed E-state index contributed by atoms with van der Waals surface area (Å²) in [5.74, 6) is 3.91. The molecule has 0 saturated heterocycles. The number of nitrogens with one attached hydrogen (secondary N) is 1. The van der Waals surface area contributed by atoms with Crippen LogP contribution in [0.2, 0.25) is 0 Å². The van der Waals surface area contributed by atoms with E-state index in [-0.39, 0.29) is 5.91 Å². The van der Waals surface area contributed by atoms with Crippen molar-refractivity contribution in [1.29, 1.82) is 0 Å². The van der Waals surface area contributed by atoms with Gasteiger partial charge in [0.1, 0.15) is 0 Å². The number of carbonyl (C=O) groups is 1.